The number of imide groups is 1. The van der Waals surface area contributed by atoms with Crippen LogP contribution >= 0.6 is 11.3 Å². The van der Waals surface area contributed by atoms with Crippen LogP contribution in [0.15, 0.2) is 72.1 Å². The number of nitrogens with zero attached hydrogens (tertiary/aromatic N) is 1. The lowest BCUT2D eigenvalue weighted by Gasteiger charge is -2.32. The van der Waals surface area contributed by atoms with Gasteiger partial charge in [0.1, 0.15) is 5.82 Å². The Labute approximate surface area is 187 Å². The molecule has 1 N–H and O–H groups in total. The monoisotopic (exact) mass is 450 g/mol. The second-order valence-electron chi connectivity index (χ2n) is 7.77. The summed E-state index contributed by atoms with van der Waals surface area (Å²) < 4.78 is 19.8. The molecule has 6 nitrogen and oxygen atoms in total. The van der Waals surface area contributed by atoms with Crippen molar-refractivity contribution in [1.29, 1.82) is 0 Å². The van der Waals surface area contributed by atoms with Crippen LogP contribution in [0.4, 0.5) is 10.1 Å². The van der Waals surface area contributed by atoms with Gasteiger partial charge in [-0.15, -0.1) is 11.3 Å². The Bertz CT molecular complexity index is 1200. The zero-order chi connectivity index (χ0) is 22.5. The number of hydrogen-bond acceptors (Lipinski definition) is 6. The fourth-order valence-electron chi connectivity index (χ4n) is 4.92. The molecule has 0 saturated carbocycles. The number of ether oxygens (including phenoxy) is 1. The maximum atomic E-state index is 14.6. The first-order chi connectivity index (χ1) is 15.5. The summed E-state index contributed by atoms with van der Waals surface area (Å²) in [5.41, 5.74) is -1.20. The smallest absolute Gasteiger partial charge is 0.331 e. The third-order valence-electron chi connectivity index (χ3n) is 6.24. The van der Waals surface area contributed by atoms with Gasteiger partial charge in [0.2, 0.25) is 11.8 Å². The van der Waals surface area contributed by atoms with Crippen LogP contribution in [0.2, 0.25) is 0 Å². The molecule has 8 heteroatoms. The molecule has 4 atom stereocenters. The number of halogens is 1. The van der Waals surface area contributed by atoms with E-state index < -0.39 is 47.0 Å². The number of esters is 1. The molecule has 5 rings (SSSR count). The fraction of sp³-hybridized carbons (Fsp3) is 0.208. The summed E-state index contributed by atoms with van der Waals surface area (Å²) >= 11 is 1.42. The molecule has 2 saturated heterocycles. The van der Waals surface area contributed by atoms with Crippen LogP contribution in [0.3, 0.4) is 0 Å². The molecule has 2 aromatic carbocycles. The molecule has 0 radical (unpaired) electrons. The first kappa shape index (κ1) is 20.5. The molecule has 0 bridgehead atoms. The number of carbonyl (C=O) groups is 3. The molecule has 2 fully saturated rings. The van der Waals surface area contributed by atoms with E-state index in [2.05, 4.69) is 5.32 Å². The number of anilines is 1. The first-order valence-electron chi connectivity index (χ1n) is 10.1. The van der Waals surface area contributed by atoms with Gasteiger partial charge in [-0.25, -0.2) is 14.1 Å². The summed E-state index contributed by atoms with van der Waals surface area (Å²) in [5, 5.41) is 5.16. The van der Waals surface area contributed by atoms with Crippen molar-refractivity contribution in [3.8, 4) is 0 Å². The number of carbonyl (C=O) groups excluding carboxylic acids is 3. The number of benzene rings is 2. The van der Waals surface area contributed by atoms with E-state index in [1.54, 1.807) is 36.4 Å². The van der Waals surface area contributed by atoms with Crippen molar-refractivity contribution in [2.75, 3.05) is 12.0 Å². The van der Waals surface area contributed by atoms with Crippen molar-refractivity contribution in [2.45, 2.75) is 11.6 Å². The minimum atomic E-state index is -1.60. The van der Waals surface area contributed by atoms with E-state index in [1.165, 1.54) is 36.6 Å². The van der Waals surface area contributed by atoms with Crippen molar-refractivity contribution < 1.29 is 23.5 Å². The van der Waals surface area contributed by atoms with Gasteiger partial charge in [0.15, 0.2) is 5.54 Å². The van der Waals surface area contributed by atoms with Crippen LogP contribution in [-0.4, -0.2) is 24.9 Å². The van der Waals surface area contributed by atoms with Gasteiger partial charge < -0.3 is 4.74 Å². The van der Waals surface area contributed by atoms with Crippen molar-refractivity contribution in [1.82, 2.24) is 5.32 Å². The lowest BCUT2D eigenvalue weighted by Crippen LogP contribution is -2.53. The molecule has 162 valence electrons. The lowest BCUT2D eigenvalue weighted by molar-refractivity contribution is -0.152. The molecule has 3 heterocycles. The predicted molar refractivity (Wildman–Crippen MR) is 116 cm³/mol. The number of nitrogens with one attached hydrogen (secondary N) is 1. The van der Waals surface area contributed by atoms with E-state index in [9.17, 15) is 18.8 Å². The Morgan fingerprint density at radius 1 is 1.03 bits per heavy atom. The average Bonchev–Trinajstić information content (AvgIpc) is 3.52. The molecule has 1 aromatic heterocycles. The van der Waals surface area contributed by atoms with Gasteiger partial charge in [-0.05, 0) is 29.1 Å². The van der Waals surface area contributed by atoms with Gasteiger partial charge in [0.25, 0.3) is 0 Å². The van der Waals surface area contributed by atoms with Gasteiger partial charge >= 0.3 is 5.97 Å². The van der Waals surface area contributed by atoms with E-state index in [4.69, 9.17) is 4.74 Å². The number of fused-ring (bicyclic) bond motifs is 1. The summed E-state index contributed by atoms with van der Waals surface area (Å²) in [6, 6.07) is 17.5. The maximum Gasteiger partial charge on any atom is 0.331 e. The maximum absolute atomic E-state index is 14.6. The van der Waals surface area contributed by atoms with E-state index in [1.807, 2.05) is 17.5 Å². The van der Waals surface area contributed by atoms with Crippen molar-refractivity contribution in [3.63, 3.8) is 0 Å². The number of methoxy groups -OCH3 is 1. The van der Waals surface area contributed by atoms with E-state index in [-0.39, 0.29) is 5.69 Å². The summed E-state index contributed by atoms with van der Waals surface area (Å²) in [7, 11) is 1.25. The second kappa shape index (κ2) is 7.65. The standard InChI is InChI=1S/C24H19FN2O4S/c1-31-23(30)24(14-8-3-2-4-9-14)19-18(20(26-24)17-12-7-13-32-17)21(28)27(22(19)29)16-11-6-5-10-15(16)25/h2-13,18-20,26H,1H3. The minimum absolute atomic E-state index is 0.117. The van der Waals surface area contributed by atoms with E-state index in [0.717, 1.165) is 9.78 Å². The molecular weight excluding hydrogens is 431 g/mol. The summed E-state index contributed by atoms with van der Waals surface area (Å²) in [6.07, 6.45) is 0. The number of thiophene rings is 1. The Morgan fingerprint density at radius 3 is 2.41 bits per heavy atom. The number of hydrogen-bond donors (Lipinski definition) is 1. The minimum Gasteiger partial charge on any atom is -0.467 e. The molecule has 0 spiro atoms. The normalized spacial score (nSPS) is 26.9. The first-order valence-corrected chi connectivity index (χ1v) is 11.0. The summed E-state index contributed by atoms with van der Waals surface area (Å²) in [6.45, 7) is 0. The van der Waals surface area contributed by atoms with Gasteiger partial charge in [-0.1, -0.05) is 48.5 Å². The van der Waals surface area contributed by atoms with Gasteiger partial charge in [-0.3, -0.25) is 14.9 Å². The highest BCUT2D eigenvalue weighted by atomic mass is 32.1. The molecule has 2 amide bonds. The average molecular weight is 450 g/mol. The highest BCUT2D eigenvalue weighted by Crippen LogP contribution is 2.54. The van der Waals surface area contributed by atoms with E-state index in [0.29, 0.717) is 5.56 Å². The van der Waals surface area contributed by atoms with Crippen LogP contribution in [0.5, 0.6) is 0 Å². The van der Waals surface area contributed by atoms with Gasteiger partial charge in [0.05, 0.1) is 30.7 Å². The molecule has 3 aromatic rings. The highest BCUT2D eigenvalue weighted by molar-refractivity contribution is 7.10. The Balaban J connectivity index is 1.74. The molecular formula is C24H19FN2O4S. The zero-order valence-corrected chi connectivity index (χ0v) is 17.8. The van der Waals surface area contributed by atoms with Crippen molar-refractivity contribution in [3.05, 3.63) is 88.4 Å². The molecule has 0 aliphatic carbocycles. The fourth-order valence-corrected chi connectivity index (χ4v) is 5.75. The lowest BCUT2D eigenvalue weighted by atomic mass is 9.75. The number of para-hydroxylation sites is 1. The molecule has 4 unspecified atom stereocenters. The number of amides is 2. The second-order valence-corrected chi connectivity index (χ2v) is 8.75. The largest absolute Gasteiger partial charge is 0.467 e. The van der Waals surface area contributed by atoms with Crippen LogP contribution in [-0.2, 0) is 24.7 Å². The third-order valence-corrected chi connectivity index (χ3v) is 7.19. The van der Waals surface area contributed by atoms with Crippen LogP contribution in [0.25, 0.3) is 0 Å². The SMILES string of the molecule is COC(=O)C1(c2ccccc2)NC(c2cccs2)C2C(=O)N(c3ccccc3F)C(=O)C21. The van der Waals surface area contributed by atoms with Gasteiger partial charge in [0, 0.05) is 4.88 Å². The van der Waals surface area contributed by atoms with Crippen molar-refractivity contribution >= 4 is 34.8 Å². The Kier molecular flexibility index (Phi) is 4.91. The Hall–Kier alpha value is -3.36. The topological polar surface area (TPSA) is 75.7 Å². The van der Waals surface area contributed by atoms with Crippen LogP contribution < -0.4 is 10.2 Å². The quantitative estimate of drug-likeness (QED) is 0.487. The van der Waals surface area contributed by atoms with Crippen LogP contribution in [0, 0.1) is 17.7 Å². The highest BCUT2D eigenvalue weighted by Gasteiger charge is 2.70. The predicted octanol–water partition coefficient (Wildman–Crippen LogP) is 3.41. The summed E-state index contributed by atoms with van der Waals surface area (Å²) in [4.78, 5) is 42.4. The third kappa shape index (κ3) is 2.76. The molecule has 32 heavy (non-hydrogen) atoms. The zero-order valence-electron chi connectivity index (χ0n) is 17.0. The van der Waals surface area contributed by atoms with Crippen LogP contribution in [0.1, 0.15) is 16.5 Å². The molecule has 2 aliphatic rings. The number of rotatable bonds is 4. The Morgan fingerprint density at radius 2 is 1.75 bits per heavy atom. The van der Waals surface area contributed by atoms with Crippen molar-refractivity contribution in [2.24, 2.45) is 11.8 Å². The summed E-state index contributed by atoms with van der Waals surface area (Å²) in [5.74, 6) is -4.53. The molecule has 2 aliphatic heterocycles. The van der Waals surface area contributed by atoms with Gasteiger partial charge in [-0.2, -0.15) is 0 Å². The van der Waals surface area contributed by atoms with E-state index >= 15 is 0 Å².